The fourth-order valence-corrected chi connectivity index (χ4v) is 7.19. The number of aliphatic carboxylic acids is 1. The summed E-state index contributed by atoms with van der Waals surface area (Å²) in [5.41, 5.74) is 3.75. The molecule has 0 radical (unpaired) electrons. The van der Waals surface area contributed by atoms with Gasteiger partial charge in [0.25, 0.3) is 6.43 Å². The third-order valence-electron chi connectivity index (χ3n) is 10.0. The minimum Gasteiger partial charge on any atom is -0.480 e. The number of alkyl halides is 2. The Balaban J connectivity index is 1.16. The molecule has 3 aromatic heterocycles. The summed E-state index contributed by atoms with van der Waals surface area (Å²) in [6.45, 7) is 6.16. The number of carboxylic acid groups (broad SMARTS) is 1. The Labute approximate surface area is 292 Å². The van der Waals surface area contributed by atoms with E-state index in [1.165, 1.54) is 4.90 Å². The molecule has 0 bridgehead atoms. The summed E-state index contributed by atoms with van der Waals surface area (Å²) in [6.07, 6.45) is -1.13. The van der Waals surface area contributed by atoms with Crippen molar-refractivity contribution in [1.82, 2.24) is 15.0 Å². The van der Waals surface area contributed by atoms with Crippen molar-refractivity contribution in [3.63, 3.8) is 0 Å². The van der Waals surface area contributed by atoms with Crippen LogP contribution < -0.4 is 14.5 Å². The molecule has 3 aliphatic heterocycles. The normalized spacial score (nSPS) is 21.2. The fraction of sp³-hybridized carbons (Fsp3) is 0.368. The molecule has 5 aromatic rings. The molecule has 11 nitrogen and oxygen atoms in total. The predicted molar refractivity (Wildman–Crippen MR) is 184 cm³/mol. The van der Waals surface area contributed by atoms with Gasteiger partial charge in [0.2, 0.25) is 5.88 Å². The van der Waals surface area contributed by atoms with E-state index in [4.69, 9.17) is 23.6 Å². The van der Waals surface area contributed by atoms with Crippen molar-refractivity contribution in [3.8, 4) is 17.7 Å². The number of carboxylic acids is 1. The summed E-state index contributed by atoms with van der Waals surface area (Å²) in [5, 5.41) is 10.9. The smallest absolute Gasteiger partial charge is 0.326 e. The fourth-order valence-electron chi connectivity index (χ4n) is 7.19. The first-order valence-electron chi connectivity index (χ1n) is 17.0. The van der Waals surface area contributed by atoms with Crippen molar-refractivity contribution in [2.24, 2.45) is 0 Å². The molecule has 262 valence electrons. The van der Waals surface area contributed by atoms with Gasteiger partial charge < -0.3 is 33.5 Å². The average molecular weight is 696 g/mol. The Morgan fingerprint density at radius 3 is 2.69 bits per heavy atom. The number of hydrogen-bond donors (Lipinski definition) is 1. The number of ether oxygens (including phenoxy) is 3. The molecule has 8 rings (SSSR count). The minimum atomic E-state index is -2.98. The van der Waals surface area contributed by atoms with Gasteiger partial charge in [0, 0.05) is 35.7 Å². The molecule has 0 unspecified atom stereocenters. The summed E-state index contributed by atoms with van der Waals surface area (Å²) < 4.78 is 52.5. The molecular weight excluding hydrogens is 660 g/mol. The highest BCUT2D eigenvalue weighted by molar-refractivity contribution is 6.06. The Kier molecular flexibility index (Phi) is 8.44. The lowest BCUT2D eigenvalue weighted by Gasteiger charge is -2.53. The Hall–Kier alpha value is -5.32. The third-order valence-corrected chi connectivity index (χ3v) is 10.0. The molecule has 6 heterocycles. The molecule has 3 aliphatic rings. The number of fused-ring (bicyclic) bond motifs is 3. The first-order chi connectivity index (χ1) is 24.7. The van der Waals surface area contributed by atoms with Crippen LogP contribution in [0.1, 0.15) is 49.2 Å². The highest BCUT2D eigenvalue weighted by Gasteiger charge is 2.50. The Bertz CT molecular complexity index is 2190. The quantitative estimate of drug-likeness (QED) is 0.209. The number of halogens is 2. The van der Waals surface area contributed by atoms with Crippen LogP contribution in [0.5, 0.6) is 5.88 Å². The number of pyridine rings is 1. The molecule has 51 heavy (non-hydrogen) atoms. The second kappa shape index (κ2) is 13.1. The zero-order chi connectivity index (χ0) is 35.3. The van der Waals surface area contributed by atoms with E-state index in [0.29, 0.717) is 54.5 Å². The van der Waals surface area contributed by atoms with Gasteiger partial charge in [-0.25, -0.2) is 28.5 Å². The van der Waals surface area contributed by atoms with Crippen molar-refractivity contribution >= 4 is 39.5 Å². The lowest BCUT2D eigenvalue weighted by molar-refractivity contribution is -0.228. The summed E-state index contributed by atoms with van der Waals surface area (Å²) in [5.74, 6) is 4.98. The number of para-hydroxylation sites is 1. The molecule has 2 aromatic carbocycles. The monoisotopic (exact) mass is 695 g/mol. The maximum Gasteiger partial charge on any atom is 0.326 e. The lowest BCUT2D eigenvalue weighted by atomic mass is 9.90. The maximum atomic E-state index is 14.1. The van der Waals surface area contributed by atoms with Crippen LogP contribution in [0.3, 0.4) is 0 Å². The van der Waals surface area contributed by atoms with Crippen molar-refractivity contribution in [1.29, 1.82) is 0 Å². The number of nitrogens with zero attached hydrogens (tertiary/aromatic N) is 5. The van der Waals surface area contributed by atoms with Gasteiger partial charge in [-0.15, -0.1) is 0 Å². The number of furan rings is 1. The van der Waals surface area contributed by atoms with Crippen LogP contribution in [-0.2, 0) is 20.7 Å². The summed E-state index contributed by atoms with van der Waals surface area (Å²) in [4.78, 5) is 29.3. The second-order valence-electron chi connectivity index (χ2n) is 13.0. The van der Waals surface area contributed by atoms with E-state index in [2.05, 4.69) is 46.6 Å². The molecule has 0 aliphatic carbocycles. The average Bonchev–Trinajstić information content (AvgIpc) is 3.72. The van der Waals surface area contributed by atoms with Crippen molar-refractivity contribution in [3.05, 3.63) is 83.3 Å². The molecule has 1 spiro atoms. The van der Waals surface area contributed by atoms with Crippen LogP contribution in [0.2, 0.25) is 0 Å². The number of aromatic nitrogens is 3. The van der Waals surface area contributed by atoms with Crippen LogP contribution in [0.25, 0.3) is 22.1 Å². The molecule has 3 fully saturated rings. The number of rotatable bonds is 7. The summed E-state index contributed by atoms with van der Waals surface area (Å²) in [7, 11) is 0. The van der Waals surface area contributed by atoms with Crippen molar-refractivity contribution in [2.45, 2.75) is 56.9 Å². The van der Waals surface area contributed by atoms with Crippen LogP contribution in [0.4, 0.5) is 20.3 Å². The van der Waals surface area contributed by atoms with Crippen LogP contribution in [-0.4, -0.2) is 82.7 Å². The summed E-state index contributed by atoms with van der Waals surface area (Å²) >= 11 is 0. The molecule has 3 saturated heterocycles. The van der Waals surface area contributed by atoms with Gasteiger partial charge in [-0.1, -0.05) is 49.1 Å². The first kappa shape index (κ1) is 32.9. The van der Waals surface area contributed by atoms with Crippen molar-refractivity contribution < 1.29 is 37.3 Å². The van der Waals surface area contributed by atoms with E-state index in [1.807, 2.05) is 24.3 Å². The van der Waals surface area contributed by atoms with Gasteiger partial charge in [-0.05, 0) is 43.2 Å². The van der Waals surface area contributed by atoms with Crippen LogP contribution >= 0.6 is 0 Å². The number of benzene rings is 2. The van der Waals surface area contributed by atoms with E-state index >= 15 is 0 Å². The first-order valence-corrected chi connectivity index (χ1v) is 17.0. The zero-order valence-electron chi connectivity index (χ0n) is 28.0. The predicted octanol–water partition coefficient (Wildman–Crippen LogP) is 5.78. The SMILES string of the molecule is CCc1ccccc1C#Cc1cnc(O[C@H]2C[C@@H](C(=O)O)N(c3nc(C(F)F)nc4c3oc3ccccc34)C2)c(N2CCOC3(COC3)[C@@H]2C)c1. The van der Waals surface area contributed by atoms with E-state index in [-0.39, 0.29) is 35.9 Å². The largest absolute Gasteiger partial charge is 0.480 e. The highest BCUT2D eigenvalue weighted by atomic mass is 19.3. The van der Waals surface area contributed by atoms with Gasteiger partial charge in [-0.3, -0.25) is 0 Å². The standard InChI is InChI=1S/C38H35F2N5O6/c1-3-24-8-4-5-9-25(24)13-12-23-16-28(44-14-15-49-38(22(44)2)20-48-21-38)36(41-18-23)50-26-17-29(37(46)47)45(19-26)35-32-31(42-34(43-35)33(39)40)27-10-6-7-11-30(27)51-32/h4-11,16,18,22,26,29,33H,3,14-15,17,19-21H2,1-2H3,(H,46,47)/t22-,26-,29-/m0/s1. The van der Waals surface area contributed by atoms with Gasteiger partial charge in [0.1, 0.15) is 34.5 Å². The highest BCUT2D eigenvalue weighted by Crippen LogP contribution is 2.41. The molecule has 1 N–H and O–H groups in total. The third kappa shape index (κ3) is 5.88. The van der Waals surface area contributed by atoms with Crippen LogP contribution in [0.15, 0.2) is 65.2 Å². The van der Waals surface area contributed by atoms with E-state index < -0.39 is 36.0 Å². The Morgan fingerprint density at radius 2 is 1.92 bits per heavy atom. The zero-order valence-corrected chi connectivity index (χ0v) is 28.0. The van der Waals surface area contributed by atoms with E-state index in [0.717, 1.165) is 17.5 Å². The molecule has 0 saturated carbocycles. The van der Waals surface area contributed by atoms with E-state index in [9.17, 15) is 18.7 Å². The second-order valence-corrected chi connectivity index (χ2v) is 13.0. The molecule has 3 atom stereocenters. The molecular formula is C38H35F2N5O6. The minimum absolute atomic E-state index is 0.0232. The van der Waals surface area contributed by atoms with Crippen LogP contribution in [0, 0.1) is 11.8 Å². The van der Waals surface area contributed by atoms with Crippen molar-refractivity contribution in [2.75, 3.05) is 42.7 Å². The summed E-state index contributed by atoms with van der Waals surface area (Å²) in [6, 6.07) is 15.6. The Morgan fingerprint density at radius 1 is 1.12 bits per heavy atom. The number of hydrogen-bond acceptors (Lipinski definition) is 10. The van der Waals surface area contributed by atoms with Gasteiger partial charge in [0.15, 0.2) is 17.2 Å². The lowest BCUT2D eigenvalue weighted by Crippen LogP contribution is -2.68. The topological polar surface area (TPSA) is 123 Å². The van der Waals surface area contributed by atoms with E-state index in [1.54, 1.807) is 30.5 Å². The maximum absolute atomic E-state index is 14.1. The number of carbonyl (C=O) groups is 1. The number of aryl methyl sites for hydroxylation is 1. The molecule has 13 heteroatoms. The molecule has 0 amide bonds. The number of morpholine rings is 1. The van der Waals surface area contributed by atoms with Gasteiger partial charge in [0.05, 0.1) is 32.4 Å². The van der Waals surface area contributed by atoms with Gasteiger partial charge in [-0.2, -0.15) is 0 Å². The number of anilines is 2. The van der Waals surface area contributed by atoms with Gasteiger partial charge >= 0.3 is 5.97 Å².